The molecule has 3 amide bonds. The lowest BCUT2D eigenvalue weighted by Gasteiger charge is -2.15. The number of hydrogen-bond acceptors (Lipinski definition) is 5. The molecule has 0 spiro atoms. The Balaban J connectivity index is 2.06. The number of amides is 3. The molecular weight excluding hydrogens is 228 g/mol. The van der Waals surface area contributed by atoms with E-state index in [2.05, 4.69) is 5.32 Å². The molecule has 17 heavy (non-hydrogen) atoms. The minimum absolute atomic E-state index is 0.00481. The van der Waals surface area contributed by atoms with Crippen molar-refractivity contribution in [1.29, 1.82) is 0 Å². The Morgan fingerprint density at radius 1 is 1.24 bits per heavy atom. The number of nitrogens with one attached hydrogen (secondary N) is 1. The van der Waals surface area contributed by atoms with Crippen LogP contribution >= 0.6 is 0 Å². The van der Waals surface area contributed by atoms with Gasteiger partial charge in [0.05, 0.1) is 26.4 Å². The van der Waals surface area contributed by atoms with Gasteiger partial charge in [0.15, 0.2) is 0 Å². The van der Waals surface area contributed by atoms with E-state index in [0.29, 0.717) is 32.8 Å². The molecule has 1 rings (SSSR count). The number of imide groups is 1. The van der Waals surface area contributed by atoms with Crippen LogP contribution in [0.1, 0.15) is 6.42 Å². The van der Waals surface area contributed by atoms with Crippen LogP contribution in [-0.2, 0) is 14.3 Å². The third kappa shape index (κ3) is 4.29. The van der Waals surface area contributed by atoms with Gasteiger partial charge in [-0.1, -0.05) is 0 Å². The fourth-order valence-corrected chi connectivity index (χ4v) is 1.50. The van der Waals surface area contributed by atoms with E-state index >= 15 is 0 Å². The minimum atomic E-state index is -0.444. The molecule has 1 aliphatic rings. The highest BCUT2D eigenvalue weighted by atomic mass is 16.5. The van der Waals surface area contributed by atoms with E-state index in [1.54, 1.807) is 7.05 Å². The Kier molecular flexibility index (Phi) is 5.88. The highest BCUT2D eigenvalue weighted by Crippen LogP contribution is 2.09. The van der Waals surface area contributed by atoms with E-state index < -0.39 is 6.04 Å². The van der Waals surface area contributed by atoms with Crippen molar-refractivity contribution in [3.05, 3.63) is 0 Å². The van der Waals surface area contributed by atoms with E-state index in [1.807, 2.05) is 0 Å². The van der Waals surface area contributed by atoms with Crippen LogP contribution in [0.5, 0.6) is 0 Å². The molecule has 1 heterocycles. The number of hydrogen-bond donors (Lipinski definition) is 2. The van der Waals surface area contributed by atoms with E-state index in [9.17, 15) is 9.59 Å². The van der Waals surface area contributed by atoms with Crippen LogP contribution in [-0.4, -0.2) is 68.1 Å². The topological polar surface area (TPSA) is 88.1 Å². The lowest BCUT2D eigenvalue weighted by atomic mass is 10.2. The standard InChI is InChI=1S/C10H18N2O5/c1-12-8(9(14)11-10(12)15)2-4-16-6-7-17-5-3-13/h8,13H,2-7H2,1H3,(H,11,14,15). The van der Waals surface area contributed by atoms with Crippen molar-refractivity contribution in [2.24, 2.45) is 0 Å². The van der Waals surface area contributed by atoms with Crippen LogP contribution in [0, 0.1) is 0 Å². The van der Waals surface area contributed by atoms with Gasteiger partial charge in [-0.05, 0) is 0 Å². The molecule has 1 fully saturated rings. The van der Waals surface area contributed by atoms with Crippen LogP contribution in [0.25, 0.3) is 0 Å². The van der Waals surface area contributed by atoms with Crippen molar-refractivity contribution >= 4 is 11.9 Å². The van der Waals surface area contributed by atoms with Crippen LogP contribution in [0.2, 0.25) is 0 Å². The largest absolute Gasteiger partial charge is 0.394 e. The van der Waals surface area contributed by atoms with E-state index in [-0.39, 0.29) is 18.5 Å². The van der Waals surface area contributed by atoms with Gasteiger partial charge in [0, 0.05) is 20.1 Å². The summed E-state index contributed by atoms with van der Waals surface area (Å²) in [6.45, 7) is 1.50. The maximum absolute atomic E-state index is 11.3. The summed E-state index contributed by atoms with van der Waals surface area (Å²) in [5.74, 6) is -0.280. The highest BCUT2D eigenvalue weighted by Gasteiger charge is 2.34. The number of urea groups is 1. The first-order valence-corrected chi connectivity index (χ1v) is 5.51. The van der Waals surface area contributed by atoms with Gasteiger partial charge in [0.25, 0.3) is 5.91 Å². The van der Waals surface area contributed by atoms with Crippen molar-refractivity contribution in [2.45, 2.75) is 12.5 Å². The predicted octanol–water partition coefficient (Wildman–Crippen LogP) is -1.05. The van der Waals surface area contributed by atoms with Gasteiger partial charge in [-0.15, -0.1) is 0 Å². The van der Waals surface area contributed by atoms with Crippen molar-refractivity contribution in [1.82, 2.24) is 10.2 Å². The summed E-state index contributed by atoms with van der Waals surface area (Å²) < 4.78 is 10.2. The van der Waals surface area contributed by atoms with Crippen LogP contribution < -0.4 is 5.32 Å². The van der Waals surface area contributed by atoms with E-state index in [4.69, 9.17) is 14.6 Å². The summed E-state index contributed by atoms with van der Waals surface area (Å²) in [7, 11) is 1.58. The Morgan fingerprint density at radius 3 is 2.41 bits per heavy atom. The van der Waals surface area contributed by atoms with Crippen molar-refractivity contribution in [2.75, 3.05) is 40.1 Å². The summed E-state index contributed by atoms with van der Waals surface area (Å²) in [5.41, 5.74) is 0. The number of carbonyl (C=O) groups is 2. The van der Waals surface area contributed by atoms with Gasteiger partial charge < -0.3 is 19.5 Å². The molecule has 98 valence electrons. The average molecular weight is 246 g/mol. The van der Waals surface area contributed by atoms with Crippen LogP contribution in [0.4, 0.5) is 4.79 Å². The summed E-state index contributed by atoms with van der Waals surface area (Å²) in [5, 5.41) is 10.7. The SMILES string of the molecule is CN1C(=O)NC(=O)C1CCOCCOCCO. The normalized spacial score (nSPS) is 19.9. The maximum atomic E-state index is 11.3. The number of nitrogens with zero attached hydrogens (tertiary/aromatic N) is 1. The van der Waals surface area contributed by atoms with Gasteiger partial charge in [-0.3, -0.25) is 10.1 Å². The summed E-state index contributed by atoms with van der Waals surface area (Å²) >= 11 is 0. The summed E-state index contributed by atoms with van der Waals surface area (Å²) in [6.07, 6.45) is 0.466. The van der Waals surface area contributed by atoms with Crippen LogP contribution in [0.3, 0.4) is 0 Å². The molecule has 7 nitrogen and oxygen atoms in total. The first kappa shape index (κ1) is 13.9. The molecule has 0 aromatic rings. The molecule has 0 radical (unpaired) electrons. The van der Waals surface area contributed by atoms with Gasteiger partial charge in [0.1, 0.15) is 6.04 Å². The molecule has 0 aromatic heterocycles. The van der Waals surface area contributed by atoms with Gasteiger partial charge in [0.2, 0.25) is 0 Å². The summed E-state index contributed by atoms with van der Waals surface area (Å²) in [4.78, 5) is 23.8. The van der Waals surface area contributed by atoms with Crippen molar-refractivity contribution in [3.8, 4) is 0 Å². The zero-order valence-corrected chi connectivity index (χ0v) is 9.85. The number of aliphatic hydroxyl groups is 1. The van der Waals surface area contributed by atoms with Gasteiger partial charge >= 0.3 is 6.03 Å². The Labute approximate surface area is 99.7 Å². The second kappa shape index (κ2) is 7.21. The molecule has 7 heteroatoms. The minimum Gasteiger partial charge on any atom is -0.394 e. The number of likely N-dealkylation sites (N-methyl/N-ethyl adjacent to an activating group) is 1. The molecule has 1 saturated heterocycles. The maximum Gasteiger partial charge on any atom is 0.324 e. The van der Waals surface area contributed by atoms with Gasteiger partial charge in [-0.2, -0.15) is 0 Å². The first-order chi connectivity index (χ1) is 8.16. The molecule has 1 aliphatic heterocycles. The number of rotatable bonds is 8. The molecule has 1 unspecified atom stereocenters. The molecule has 0 bridgehead atoms. The Morgan fingerprint density at radius 2 is 1.88 bits per heavy atom. The second-order valence-corrected chi connectivity index (χ2v) is 3.66. The third-order valence-corrected chi connectivity index (χ3v) is 2.46. The fourth-order valence-electron chi connectivity index (χ4n) is 1.50. The number of ether oxygens (including phenoxy) is 2. The predicted molar refractivity (Wildman–Crippen MR) is 58.4 cm³/mol. The average Bonchev–Trinajstić information content (AvgIpc) is 2.54. The first-order valence-electron chi connectivity index (χ1n) is 5.51. The van der Waals surface area contributed by atoms with Gasteiger partial charge in [-0.25, -0.2) is 4.79 Å². The zero-order chi connectivity index (χ0) is 12.7. The molecule has 0 aromatic carbocycles. The number of carbonyl (C=O) groups excluding carboxylic acids is 2. The zero-order valence-electron chi connectivity index (χ0n) is 9.85. The molecule has 1 atom stereocenters. The lowest BCUT2D eigenvalue weighted by molar-refractivity contribution is -0.121. The Hall–Kier alpha value is -1.18. The quantitative estimate of drug-likeness (QED) is 0.421. The lowest BCUT2D eigenvalue weighted by Crippen LogP contribution is -2.32. The van der Waals surface area contributed by atoms with Crippen molar-refractivity contribution < 1.29 is 24.2 Å². The smallest absolute Gasteiger partial charge is 0.324 e. The third-order valence-electron chi connectivity index (χ3n) is 2.46. The molecule has 0 saturated carbocycles. The molecule has 0 aliphatic carbocycles. The summed E-state index contributed by atoms with van der Waals surface area (Å²) in [6, 6.07) is -0.813. The molecular formula is C10H18N2O5. The van der Waals surface area contributed by atoms with E-state index in [0.717, 1.165) is 0 Å². The van der Waals surface area contributed by atoms with E-state index in [1.165, 1.54) is 4.90 Å². The number of aliphatic hydroxyl groups excluding tert-OH is 1. The second-order valence-electron chi connectivity index (χ2n) is 3.66. The Bertz CT molecular complexity index is 271. The molecule has 2 N–H and O–H groups in total. The fraction of sp³-hybridized carbons (Fsp3) is 0.800. The van der Waals surface area contributed by atoms with Crippen LogP contribution in [0.15, 0.2) is 0 Å². The van der Waals surface area contributed by atoms with Crippen molar-refractivity contribution in [3.63, 3.8) is 0 Å². The highest BCUT2D eigenvalue weighted by molar-refractivity contribution is 6.03. The monoisotopic (exact) mass is 246 g/mol.